The largest absolute Gasteiger partial charge is 0.493 e. The topological polar surface area (TPSA) is 67.8 Å². The molecule has 0 amide bonds. The Kier molecular flexibility index (Phi) is 7.95. The predicted octanol–water partition coefficient (Wildman–Crippen LogP) is 4.52. The van der Waals surface area contributed by atoms with Crippen molar-refractivity contribution in [3.8, 4) is 11.5 Å². The van der Waals surface area contributed by atoms with E-state index in [1.54, 1.807) is 7.11 Å². The molecule has 2 aromatic rings. The molecule has 0 radical (unpaired) electrons. The summed E-state index contributed by atoms with van der Waals surface area (Å²) < 4.78 is 11.3. The number of carboxylic acid groups (broad SMARTS) is 1. The van der Waals surface area contributed by atoms with Crippen molar-refractivity contribution in [2.75, 3.05) is 7.11 Å². The Morgan fingerprint density at radius 2 is 1.78 bits per heavy atom. The lowest BCUT2D eigenvalue weighted by atomic mass is 10.0. The molecule has 27 heavy (non-hydrogen) atoms. The van der Waals surface area contributed by atoms with Crippen LogP contribution in [-0.4, -0.2) is 24.2 Å². The summed E-state index contributed by atoms with van der Waals surface area (Å²) in [5.41, 5.74) is 1.94. The van der Waals surface area contributed by atoms with E-state index in [4.69, 9.17) is 21.1 Å². The van der Waals surface area contributed by atoms with E-state index < -0.39 is 12.0 Å². The summed E-state index contributed by atoms with van der Waals surface area (Å²) in [4.78, 5) is 11.4. The third-order valence-corrected chi connectivity index (χ3v) is 4.35. The van der Waals surface area contributed by atoms with Gasteiger partial charge in [0.25, 0.3) is 0 Å². The van der Waals surface area contributed by atoms with Crippen molar-refractivity contribution < 1.29 is 19.4 Å². The van der Waals surface area contributed by atoms with Crippen LogP contribution in [0.1, 0.15) is 31.4 Å². The average molecular weight is 392 g/mol. The van der Waals surface area contributed by atoms with Crippen molar-refractivity contribution in [3.63, 3.8) is 0 Å². The number of benzene rings is 2. The van der Waals surface area contributed by atoms with Crippen molar-refractivity contribution >= 4 is 17.6 Å². The van der Waals surface area contributed by atoms with Crippen molar-refractivity contribution in [3.05, 3.63) is 58.6 Å². The number of methoxy groups -OCH3 is 1. The third kappa shape index (κ3) is 6.77. The predicted molar refractivity (Wildman–Crippen MR) is 106 cm³/mol. The third-order valence-electron chi connectivity index (χ3n) is 4.09. The van der Waals surface area contributed by atoms with Gasteiger partial charge in [-0.15, -0.1) is 0 Å². The van der Waals surface area contributed by atoms with Crippen LogP contribution in [0.4, 0.5) is 0 Å². The van der Waals surface area contributed by atoms with Crippen LogP contribution >= 0.6 is 11.6 Å². The van der Waals surface area contributed by atoms with Crippen molar-refractivity contribution in [2.45, 2.75) is 39.5 Å². The minimum absolute atomic E-state index is 0.303. The van der Waals surface area contributed by atoms with Gasteiger partial charge >= 0.3 is 5.97 Å². The molecule has 0 spiro atoms. The Hall–Kier alpha value is -2.24. The van der Waals surface area contributed by atoms with Gasteiger partial charge in [0.1, 0.15) is 12.6 Å². The molecular weight excluding hydrogens is 366 g/mol. The van der Waals surface area contributed by atoms with Gasteiger partial charge in [-0.05, 0) is 47.7 Å². The summed E-state index contributed by atoms with van der Waals surface area (Å²) in [6.07, 6.45) is 0.578. The molecule has 0 bridgehead atoms. The van der Waals surface area contributed by atoms with E-state index in [-0.39, 0.29) is 0 Å². The summed E-state index contributed by atoms with van der Waals surface area (Å²) in [7, 11) is 1.58. The molecule has 146 valence electrons. The first kappa shape index (κ1) is 21.1. The molecule has 0 aliphatic rings. The highest BCUT2D eigenvalue weighted by atomic mass is 35.5. The van der Waals surface area contributed by atoms with Crippen LogP contribution in [0.2, 0.25) is 5.02 Å². The Labute approximate surface area is 165 Å². The van der Waals surface area contributed by atoms with Crippen molar-refractivity contribution in [2.24, 2.45) is 5.92 Å². The van der Waals surface area contributed by atoms with Gasteiger partial charge in [-0.25, -0.2) is 0 Å². The maximum Gasteiger partial charge on any atom is 0.320 e. The van der Waals surface area contributed by atoms with Crippen LogP contribution in [0.3, 0.4) is 0 Å². The number of halogens is 1. The number of carbonyl (C=O) groups is 1. The Morgan fingerprint density at radius 3 is 2.37 bits per heavy atom. The zero-order chi connectivity index (χ0) is 19.8. The second-order valence-corrected chi connectivity index (χ2v) is 7.24. The van der Waals surface area contributed by atoms with E-state index in [2.05, 4.69) is 5.32 Å². The van der Waals surface area contributed by atoms with Gasteiger partial charge in [-0.3, -0.25) is 4.79 Å². The molecule has 5 nitrogen and oxygen atoms in total. The molecule has 2 aromatic carbocycles. The van der Waals surface area contributed by atoms with Crippen molar-refractivity contribution in [1.82, 2.24) is 5.32 Å². The fraction of sp³-hybridized carbons (Fsp3) is 0.381. The van der Waals surface area contributed by atoms with Gasteiger partial charge in [0.05, 0.1) is 7.11 Å². The lowest BCUT2D eigenvalue weighted by molar-refractivity contribution is -0.140. The van der Waals surface area contributed by atoms with Gasteiger partial charge in [0, 0.05) is 11.6 Å². The molecular formula is C21H26ClNO4. The summed E-state index contributed by atoms with van der Waals surface area (Å²) in [5, 5.41) is 13.1. The molecule has 0 aromatic heterocycles. The van der Waals surface area contributed by atoms with E-state index >= 15 is 0 Å². The number of nitrogens with one attached hydrogen (secondary N) is 1. The molecule has 2 rings (SSSR count). The molecule has 2 N–H and O–H groups in total. The molecule has 1 atom stereocenters. The Morgan fingerprint density at radius 1 is 1.11 bits per heavy atom. The van der Waals surface area contributed by atoms with E-state index in [0.29, 0.717) is 42.0 Å². The van der Waals surface area contributed by atoms with Crippen LogP contribution in [0.5, 0.6) is 11.5 Å². The zero-order valence-corrected chi connectivity index (χ0v) is 16.6. The molecule has 6 heteroatoms. The van der Waals surface area contributed by atoms with Gasteiger partial charge in [0.2, 0.25) is 0 Å². The standard InChI is InChI=1S/C21H26ClNO4/c1-14(2)10-18(21(24)25)23-12-16-6-9-19(20(11-16)26-3)27-13-15-4-7-17(22)8-5-15/h4-9,11,14,18,23H,10,12-13H2,1-3H3,(H,24,25)/t18-/m1/s1. The molecule has 0 aliphatic heterocycles. The number of aliphatic carboxylic acids is 1. The minimum atomic E-state index is -0.835. The number of carboxylic acids is 1. The van der Waals surface area contributed by atoms with E-state index in [1.807, 2.05) is 56.3 Å². The van der Waals surface area contributed by atoms with Gasteiger partial charge in [-0.2, -0.15) is 0 Å². The normalized spacial score (nSPS) is 12.0. The molecule has 0 saturated carbocycles. The first-order valence-corrected chi connectivity index (χ1v) is 9.27. The van der Waals surface area contributed by atoms with Crippen LogP contribution < -0.4 is 14.8 Å². The number of hydrogen-bond donors (Lipinski definition) is 2. The minimum Gasteiger partial charge on any atom is -0.493 e. The van der Waals surface area contributed by atoms with Crippen LogP contribution in [0.15, 0.2) is 42.5 Å². The smallest absolute Gasteiger partial charge is 0.320 e. The number of ether oxygens (including phenoxy) is 2. The summed E-state index contributed by atoms with van der Waals surface area (Å²) in [6.45, 7) is 4.86. The fourth-order valence-electron chi connectivity index (χ4n) is 2.67. The second-order valence-electron chi connectivity index (χ2n) is 6.80. The highest BCUT2D eigenvalue weighted by Crippen LogP contribution is 2.29. The van der Waals surface area contributed by atoms with Gasteiger partial charge in [0.15, 0.2) is 11.5 Å². The van der Waals surface area contributed by atoms with Crippen LogP contribution in [0.25, 0.3) is 0 Å². The first-order chi connectivity index (χ1) is 12.9. The maximum atomic E-state index is 11.4. The monoisotopic (exact) mass is 391 g/mol. The van der Waals surface area contributed by atoms with E-state index in [0.717, 1.165) is 11.1 Å². The Bertz CT molecular complexity index is 746. The summed E-state index contributed by atoms with van der Waals surface area (Å²) in [5.74, 6) is 0.711. The summed E-state index contributed by atoms with van der Waals surface area (Å²) >= 11 is 5.89. The lowest BCUT2D eigenvalue weighted by Crippen LogP contribution is -2.37. The van der Waals surface area contributed by atoms with Crippen LogP contribution in [-0.2, 0) is 17.9 Å². The molecule has 0 aliphatic carbocycles. The average Bonchev–Trinajstić information content (AvgIpc) is 2.64. The van der Waals surface area contributed by atoms with E-state index in [9.17, 15) is 9.90 Å². The van der Waals surface area contributed by atoms with Gasteiger partial charge in [-0.1, -0.05) is 43.6 Å². The molecule has 0 fully saturated rings. The summed E-state index contributed by atoms with van der Waals surface area (Å²) in [6, 6.07) is 12.5. The van der Waals surface area contributed by atoms with Crippen LogP contribution in [0, 0.1) is 5.92 Å². The SMILES string of the molecule is COc1cc(CN[C@H](CC(C)C)C(=O)O)ccc1OCc1ccc(Cl)cc1. The zero-order valence-electron chi connectivity index (χ0n) is 15.9. The highest BCUT2D eigenvalue weighted by Gasteiger charge is 2.18. The Balaban J connectivity index is 2.00. The first-order valence-electron chi connectivity index (χ1n) is 8.89. The van der Waals surface area contributed by atoms with Gasteiger partial charge < -0.3 is 19.9 Å². The number of hydrogen-bond acceptors (Lipinski definition) is 4. The molecule has 0 heterocycles. The molecule has 0 saturated heterocycles. The van der Waals surface area contributed by atoms with Crippen molar-refractivity contribution in [1.29, 1.82) is 0 Å². The number of rotatable bonds is 10. The fourth-order valence-corrected chi connectivity index (χ4v) is 2.79. The maximum absolute atomic E-state index is 11.4. The molecule has 0 unspecified atom stereocenters. The highest BCUT2D eigenvalue weighted by molar-refractivity contribution is 6.30. The second kappa shape index (κ2) is 10.2. The van der Waals surface area contributed by atoms with E-state index in [1.165, 1.54) is 0 Å². The lowest BCUT2D eigenvalue weighted by Gasteiger charge is -2.17. The quantitative estimate of drug-likeness (QED) is 0.623.